The van der Waals surface area contributed by atoms with Crippen molar-refractivity contribution in [3.63, 3.8) is 0 Å². The molecule has 2 atom stereocenters. The average Bonchev–Trinajstić information content (AvgIpc) is 3.15. The summed E-state index contributed by atoms with van der Waals surface area (Å²) in [6, 6.07) is 7.65. The van der Waals surface area contributed by atoms with Crippen LogP contribution in [0.3, 0.4) is 0 Å². The van der Waals surface area contributed by atoms with Gasteiger partial charge in [0.2, 0.25) is 0 Å². The molecule has 0 spiro atoms. The monoisotopic (exact) mass is 372 g/mol. The molecule has 1 fully saturated rings. The van der Waals surface area contributed by atoms with Crippen LogP contribution in [0, 0.1) is 0 Å². The summed E-state index contributed by atoms with van der Waals surface area (Å²) in [6.07, 6.45) is 6.04. The second-order valence-corrected chi connectivity index (χ2v) is 9.05. The highest BCUT2D eigenvalue weighted by Crippen LogP contribution is 2.23. The fraction of sp³-hybridized carbons (Fsp3) is 0.389. The Balaban J connectivity index is 1.45. The zero-order valence-electron chi connectivity index (χ0n) is 14.1. The number of hydrogen-bond donors (Lipinski definition) is 2. The van der Waals surface area contributed by atoms with Crippen molar-refractivity contribution in [2.75, 3.05) is 11.5 Å². The van der Waals surface area contributed by atoms with Crippen LogP contribution in [0.25, 0.3) is 0 Å². The maximum atomic E-state index is 12.3. The summed E-state index contributed by atoms with van der Waals surface area (Å²) in [5.74, 6) is -0.427. The van der Waals surface area contributed by atoms with Crippen LogP contribution in [0.5, 0.6) is 0 Å². The molecule has 1 aliphatic carbocycles. The number of benzene rings is 1. The molecule has 2 aromatic rings. The summed E-state index contributed by atoms with van der Waals surface area (Å²) in [5, 5.41) is 6.27. The number of nitrogens with one attached hydrogen (secondary N) is 2. The van der Waals surface area contributed by atoms with Crippen molar-refractivity contribution in [1.29, 1.82) is 0 Å². The van der Waals surface area contributed by atoms with Crippen molar-refractivity contribution in [3.05, 3.63) is 59.7 Å². The van der Waals surface area contributed by atoms with Gasteiger partial charge in [0, 0.05) is 24.5 Å². The van der Waals surface area contributed by atoms with E-state index in [1.807, 2.05) is 12.1 Å². The Morgan fingerprint density at radius 2 is 1.73 bits per heavy atom. The summed E-state index contributed by atoms with van der Waals surface area (Å²) < 4.78 is 24.3. The van der Waals surface area contributed by atoms with Gasteiger partial charge in [-0.3, -0.25) is 9.78 Å². The van der Waals surface area contributed by atoms with Crippen LogP contribution in [0.15, 0.2) is 42.9 Å². The zero-order valence-corrected chi connectivity index (χ0v) is 14.9. The van der Waals surface area contributed by atoms with Crippen molar-refractivity contribution in [2.24, 2.45) is 0 Å². The minimum atomic E-state index is -3.19. The van der Waals surface area contributed by atoms with Gasteiger partial charge in [-0.2, -0.15) is 0 Å². The number of amides is 1. The zero-order chi connectivity index (χ0) is 18.1. The third-order valence-electron chi connectivity index (χ3n) is 4.97. The molecule has 1 saturated heterocycles. The lowest BCUT2D eigenvalue weighted by Gasteiger charge is -2.24. The molecule has 0 saturated carbocycles. The first-order valence-electron chi connectivity index (χ1n) is 8.60. The van der Waals surface area contributed by atoms with Gasteiger partial charge in [-0.05, 0) is 24.0 Å². The molecule has 1 aromatic heterocycles. The van der Waals surface area contributed by atoms with Crippen molar-refractivity contribution < 1.29 is 13.2 Å². The summed E-state index contributed by atoms with van der Waals surface area (Å²) in [4.78, 5) is 20.2. The number of sulfone groups is 1. The quantitative estimate of drug-likeness (QED) is 0.791. The predicted octanol–water partition coefficient (Wildman–Crippen LogP) is 0.129. The van der Waals surface area contributed by atoms with E-state index in [0.717, 1.165) is 12.8 Å². The summed E-state index contributed by atoms with van der Waals surface area (Å²) >= 11 is 0. The van der Waals surface area contributed by atoms with Gasteiger partial charge in [0.25, 0.3) is 5.91 Å². The van der Waals surface area contributed by atoms with E-state index in [9.17, 15) is 13.2 Å². The predicted molar refractivity (Wildman–Crippen MR) is 96.5 cm³/mol. The van der Waals surface area contributed by atoms with E-state index in [1.165, 1.54) is 29.7 Å². The lowest BCUT2D eigenvalue weighted by Crippen LogP contribution is -2.52. The standard InChI is InChI=1S/C18H20N4O3S/c23-18(15-9-19-5-6-20-15)22-17-11-26(24,25)10-16(17)21-14-7-12-3-1-2-4-13(12)8-14/h1-6,9,14,16-17,21H,7-8,10-11H2,(H,22,23)/t16-,17+/m1/s1. The molecule has 2 heterocycles. The molecule has 2 aliphatic rings. The molecule has 136 valence electrons. The van der Waals surface area contributed by atoms with Crippen LogP contribution in [0.4, 0.5) is 0 Å². The molecule has 26 heavy (non-hydrogen) atoms. The van der Waals surface area contributed by atoms with E-state index in [2.05, 4.69) is 32.7 Å². The molecule has 0 unspecified atom stereocenters. The lowest BCUT2D eigenvalue weighted by molar-refractivity contribution is 0.0929. The van der Waals surface area contributed by atoms with Gasteiger partial charge in [0.15, 0.2) is 9.84 Å². The number of carbonyl (C=O) groups excluding carboxylic acids is 1. The fourth-order valence-electron chi connectivity index (χ4n) is 3.79. The van der Waals surface area contributed by atoms with Crippen LogP contribution in [0.1, 0.15) is 21.6 Å². The SMILES string of the molecule is O=C(N[C@H]1CS(=O)(=O)C[C@H]1NC1Cc2ccccc2C1)c1cnccn1. The summed E-state index contributed by atoms with van der Waals surface area (Å²) in [5.41, 5.74) is 2.78. The maximum Gasteiger partial charge on any atom is 0.271 e. The van der Waals surface area contributed by atoms with Gasteiger partial charge in [-0.25, -0.2) is 13.4 Å². The molecule has 1 aromatic carbocycles. The number of fused-ring (bicyclic) bond motifs is 1. The molecule has 0 bridgehead atoms. The first-order chi connectivity index (χ1) is 12.5. The van der Waals surface area contributed by atoms with Gasteiger partial charge >= 0.3 is 0 Å². The van der Waals surface area contributed by atoms with E-state index in [4.69, 9.17) is 0 Å². The Hall–Kier alpha value is -2.32. The Morgan fingerprint density at radius 1 is 1.04 bits per heavy atom. The topological polar surface area (TPSA) is 101 Å². The largest absolute Gasteiger partial charge is 0.345 e. The summed E-state index contributed by atoms with van der Waals surface area (Å²) in [7, 11) is -3.19. The first kappa shape index (κ1) is 17.1. The number of aromatic nitrogens is 2. The van der Waals surface area contributed by atoms with Crippen LogP contribution in [0.2, 0.25) is 0 Å². The number of rotatable bonds is 4. The highest BCUT2D eigenvalue weighted by molar-refractivity contribution is 7.91. The Bertz CT molecular complexity index is 892. The highest BCUT2D eigenvalue weighted by Gasteiger charge is 2.40. The molecule has 4 rings (SSSR count). The van der Waals surface area contributed by atoms with Crippen LogP contribution < -0.4 is 10.6 Å². The van der Waals surface area contributed by atoms with Crippen molar-refractivity contribution in [2.45, 2.75) is 31.0 Å². The van der Waals surface area contributed by atoms with Gasteiger partial charge in [-0.1, -0.05) is 24.3 Å². The normalized spacial score (nSPS) is 24.3. The Kier molecular flexibility index (Phi) is 4.46. The van der Waals surface area contributed by atoms with Crippen LogP contribution >= 0.6 is 0 Å². The van der Waals surface area contributed by atoms with Crippen molar-refractivity contribution in [1.82, 2.24) is 20.6 Å². The minimum absolute atomic E-state index is 0.0330. The van der Waals surface area contributed by atoms with Crippen LogP contribution in [-0.2, 0) is 22.7 Å². The minimum Gasteiger partial charge on any atom is -0.345 e. The smallest absolute Gasteiger partial charge is 0.271 e. The molecule has 2 N–H and O–H groups in total. The van der Waals surface area contributed by atoms with Crippen molar-refractivity contribution in [3.8, 4) is 0 Å². The fourth-order valence-corrected chi connectivity index (χ4v) is 5.67. The molecular weight excluding hydrogens is 352 g/mol. The molecule has 0 radical (unpaired) electrons. The average molecular weight is 372 g/mol. The van der Waals surface area contributed by atoms with E-state index in [1.54, 1.807) is 0 Å². The molecule has 1 aliphatic heterocycles. The number of nitrogens with zero attached hydrogens (tertiary/aromatic N) is 2. The third kappa shape index (κ3) is 3.61. The van der Waals surface area contributed by atoms with Crippen molar-refractivity contribution >= 4 is 15.7 Å². The van der Waals surface area contributed by atoms with Gasteiger partial charge in [0.1, 0.15) is 5.69 Å². The number of carbonyl (C=O) groups is 1. The Morgan fingerprint density at radius 3 is 2.38 bits per heavy atom. The third-order valence-corrected chi connectivity index (χ3v) is 6.70. The molecule has 7 nitrogen and oxygen atoms in total. The van der Waals surface area contributed by atoms with E-state index in [-0.39, 0.29) is 29.3 Å². The second kappa shape index (κ2) is 6.77. The Labute approximate surface area is 152 Å². The van der Waals surface area contributed by atoms with E-state index in [0.29, 0.717) is 0 Å². The lowest BCUT2D eigenvalue weighted by atomic mass is 10.1. The molecular formula is C18H20N4O3S. The van der Waals surface area contributed by atoms with E-state index < -0.39 is 21.8 Å². The number of hydrogen-bond acceptors (Lipinski definition) is 6. The van der Waals surface area contributed by atoms with Crippen LogP contribution in [-0.4, -0.2) is 53.9 Å². The first-order valence-corrected chi connectivity index (χ1v) is 10.4. The molecule has 8 heteroatoms. The maximum absolute atomic E-state index is 12.3. The second-order valence-electron chi connectivity index (χ2n) is 6.89. The summed E-state index contributed by atoms with van der Waals surface area (Å²) in [6.45, 7) is 0. The molecule has 1 amide bonds. The van der Waals surface area contributed by atoms with Gasteiger partial charge in [0.05, 0.1) is 23.7 Å². The van der Waals surface area contributed by atoms with Gasteiger partial charge in [-0.15, -0.1) is 0 Å². The van der Waals surface area contributed by atoms with Gasteiger partial charge < -0.3 is 10.6 Å². The highest BCUT2D eigenvalue weighted by atomic mass is 32.2. The van der Waals surface area contributed by atoms with E-state index >= 15 is 0 Å².